The second kappa shape index (κ2) is 6.15. The first-order valence-electron chi connectivity index (χ1n) is 8.53. The van der Waals surface area contributed by atoms with E-state index in [-0.39, 0.29) is 11.4 Å². The molecule has 6 nitrogen and oxygen atoms in total. The summed E-state index contributed by atoms with van der Waals surface area (Å²) >= 11 is 7.79. The van der Waals surface area contributed by atoms with Gasteiger partial charge >= 0.3 is 0 Å². The van der Waals surface area contributed by atoms with Gasteiger partial charge in [-0.3, -0.25) is 0 Å². The fourth-order valence-corrected chi connectivity index (χ4v) is 4.45. The molecule has 4 rings (SSSR count). The van der Waals surface area contributed by atoms with Gasteiger partial charge in [0.25, 0.3) is 0 Å². The summed E-state index contributed by atoms with van der Waals surface area (Å²) in [6, 6.07) is 6.01. The molecule has 0 spiro atoms. The second-order valence-corrected chi connectivity index (χ2v) is 8.81. The van der Waals surface area contributed by atoms with Crippen LogP contribution in [0.2, 0.25) is 5.02 Å². The second-order valence-electron chi connectivity index (χ2n) is 7.51. The largest absolute Gasteiger partial charge is 0.378 e. The van der Waals surface area contributed by atoms with Gasteiger partial charge in [-0.25, -0.2) is 9.97 Å². The lowest BCUT2D eigenvalue weighted by Gasteiger charge is -2.24. The average molecular weight is 402 g/mol. The number of halogens is 1. The molecule has 1 atom stereocenters. The van der Waals surface area contributed by atoms with Crippen molar-refractivity contribution in [2.45, 2.75) is 31.8 Å². The summed E-state index contributed by atoms with van der Waals surface area (Å²) in [7, 11) is 0. The van der Waals surface area contributed by atoms with Gasteiger partial charge in [-0.15, -0.1) is 11.3 Å². The van der Waals surface area contributed by atoms with Gasteiger partial charge in [-0.1, -0.05) is 37.6 Å². The number of aliphatic hydroxyl groups is 1. The highest BCUT2D eigenvalue weighted by Gasteiger charge is 2.39. The van der Waals surface area contributed by atoms with Crippen molar-refractivity contribution >= 4 is 40.4 Å². The maximum atomic E-state index is 11.1. The van der Waals surface area contributed by atoms with Gasteiger partial charge in [0, 0.05) is 29.2 Å². The van der Waals surface area contributed by atoms with Gasteiger partial charge in [-0.05, 0) is 24.1 Å². The first kappa shape index (κ1) is 18.2. The smallest absolute Gasteiger partial charge is 0.222 e. The predicted molar refractivity (Wildman–Crippen MR) is 109 cm³/mol. The Labute approximate surface area is 166 Å². The van der Waals surface area contributed by atoms with Crippen molar-refractivity contribution < 1.29 is 5.11 Å². The Morgan fingerprint density at radius 1 is 1.33 bits per heavy atom. The number of thiazole rings is 1. The van der Waals surface area contributed by atoms with E-state index in [4.69, 9.17) is 17.3 Å². The molecule has 1 aliphatic rings. The van der Waals surface area contributed by atoms with Crippen LogP contribution in [0.15, 0.2) is 36.0 Å². The molecular formula is C19H20ClN5OS. The van der Waals surface area contributed by atoms with Gasteiger partial charge in [0.15, 0.2) is 5.82 Å². The lowest BCUT2D eigenvalue weighted by Crippen LogP contribution is -2.26. The number of nitrogens with two attached hydrogens (primary N) is 1. The molecule has 2 aromatic heterocycles. The molecule has 8 heteroatoms. The molecule has 0 bridgehead atoms. The SMILES string of the molecule is CC1(C)CN(c2nc(N)ncc2Cl)c2cc([C@](C)(O)c3nccs3)ccc21. The normalized spacial score (nSPS) is 17.6. The molecular weight excluding hydrogens is 382 g/mol. The van der Waals surface area contributed by atoms with Crippen molar-refractivity contribution in [2.75, 3.05) is 17.2 Å². The summed E-state index contributed by atoms with van der Waals surface area (Å²) in [5.41, 5.74) is 7.38. The van der Waals surface area contributed by atoms with Crippen LogP contribution in [0.4, 0.5) is 17.5 Å². The minimum absolute atomic E-state index is 0.107. The number of hydrogen-bond donors (Lipinski definition) is 2. The number of nitrogens with zero attached hydrogens (tertiary/aromatic N) is 4. The van der Waals surface area contributed by atoms with E-state index in [2.05, 4.69) is 34.9 Å². The van der Waals surface area contributed by atoms with Crippen LogP contribution in [-0.4, -0.2) is 26.6 Å². The van der Waals surface area contributed by atoms with Crippen LogP contribution >= 0.6 is 22.9 Å². The molecule has 0 fully saturated rings. The van der Waals surface area contributed by atoms with Crippen LogP contribution in [0, 0.1) is 0 Å². The summed E-state index contributed by atoms with van der Waals surface area (Å²) < 4.78 is 0. The Morgan fingerprint density at radius 2 is 2.11 bits per heavy atom. The van der Waals surface area contributed by atoms with Crippen LogP contribution < -0.4 is 10.6 Å². The molecule has 3 aromatic rings. The van der Waals surface area contributed by atoms with Gasteiger partial charge in [0.1, 0.15) is 15.6 Å². The van der Waals surface area contributed by atoms with E-state index in [0.29, 0.717) is 22.4 Å². The van der Waals surface area contributed by atoms with Crippen molar-refractivity contribution in [3.05, 3.63) is 57.1 Å². The lowest BCUT2D eigenvalue weighted by atomic mass is 9.85. The van der Waals surface area contributed by atoms with E-state index in [1.807, 2.05) is 22.4 Å². The Kier molecular flexibility index (Phi) is 4.14. The number of hydrogen-bond acceptors (Lipinski definition) is 7. The van der Waals surface area contributed by atoms with E-state index in [1.165, 1.54) is 17.5 Å². The zero-order chi connectivity index (χ0) is 19.4. The van der Waals surface area contributed by atoms with Crippen LogP contribution in [0.5, 0.6) is 0 Å². The first-order chi connectivity index (χ1) is 12.7. The van der Waals surface area contributed by atoms with Gasteiger partial charge in [0.2, 0.25) is 5.95 Å². The van der Waals surface area contributed by atoms with Crippen molar-refractivity contribution in [3.8, 4) is 0 Å². The summed E-state index contributed by atoms with van der Waals surface area (Å²) in [4.78, 5) is 14.6. The van der Waals surface area contributed by atoms with Crippen LogP contribution in [0.3, 0.4) is 0 Å². The molecule has 3 heterocycles. The summed E-state index contributed by atoms with van der Waals surface area (Å²) in [5.74, 6) is 0.744. The topological polar surface area (TPSA) is 88.2 Å². The van der Waals surface area contributed by atoms with Crippen molar-refractivity contribution in [2.24, 2.45) is 0 Å². The molecule has 0 saturated heterocycles. The van der Waals surface area contributed by atoms with Crippen LogP contribution in [0.25, 0.3) is 0 Å². The van der Waals surface area contributed by atoms with E-state index in [0.717, 1.165) is 16.8 Å². The number of benzene rings is 1. The number of anilines is 3. The summed E-state index contributed by atoms with van der Waals surface area (Å²) in [6.07, 6.45) is 3.21. The van der Waals surface area contributed by atoms with E-state index in [9.17, 15) is 5.11 Å². The van der Waals surface area contributed by atoms with E-state index >= 15 is 0 Å². The molecule has 1 aromatic carbocycles. The Morgan fingerprint density at radius 3 is 2.81 bits per heavy atom. The van der Waals surface area contributed by atoms with Crippen molar-refractivity contribution in [1.82, 2.24) is 15.0 Å². The van der Waals surface area contributed by atoms with Crippen molar-refractivity contribution in [3.63, 3.8) is 0 Å². The highest BCUT2D eigenvalue weighted by atomic mass is 35.5. The molecule has 3 N–H and O–H groups in total. The molecule has 0 unspecified atom stereocenters. The maximum Gasteiger partial charge on any atom is 0.222 e. The van der Waals surface area contributed by atoms with Gasteiger partial charge in [0.05, 0.1) is 6.20 Å². The van der Waals surface area contributed by atoms with Gasteiger partial charge in [-0.2, -0.15) is 4.98 Å². The number of fused-ring (bicyclic) bond motifs is 1. The third-order valence-electron chi connectivity index (χ3n) is 4.98. The van der Waals surface area contributed by atoms with Crippen molar-refractivity contribution in [1.29, 1.82) is 0 Å². The monoisotopic (exact) mass is 401 g/mol. The quantitative estimate of drug-likeness (QED) is 0.692. The zero-order valence-electron chi connectivity index (χ0n) is 15.3. The first-order valence-corrected chi connectivity index (χ1v) is 9.79. The van der Waals surface area contributed by atoms with Gasteiger partial charge < -0.3 is 15.7 Å². The predicted octanol–water partition coefficient (Wildman–Crippen LogP) is 3.85. The van der Waals surface area contributed by atoms with Crippen LogP contribution in [-0.2, 0) is 11.0 Å². The maximum absolute atomic E-state index is 11.1. The Bertz CT molecular complexity index is 1000. The number of aromatic nitrogens is 3. The zero-order valence-corrected chi connectivity index (χ0v) is 16.8. The molecule has 0 radical (unpaired) electrons. The van der Waals surface area contributed by atoms with Crippen LogP contribution in [0.1, 0.15) is 36.9 Å². The number of rotatable bonds is 3. The minimum Gasteiger partial charge on any atom is -0.378 e. The molecule has 0 saturated carbocycles. The highest BCUT2D eigenvalue weighted by molar-refractivity contribution is 7.09. The summed E-state index contributed by atoms with van der Waals surface area (Å²) in [6.45, 7) is 6.79. The van der Waals surface area contributed by atoms with E-state index in [1.54, 1.807) is 13.1 Å². The Balaban J connectivity index is 1.86. The Hall–Kier alpha value is -2.22. The molecule has 0 amide bonds. The fraction of sp³-hybridized carbons (Fsp3) is 0.316. The third kappa shape index (κ3) is 2.96. The lowest BCUT2D eigenvalue weighted by molar-refractivity contribution is 0.102. The highest BCUT2D eigenvalue weighted by Crippen LogP contribution is 2.47. The molecule has 0 aliphatic carbocycles. The van der Waals surface area contributed by atoms with E-state index < -0.39 is 5.60 Å². The minimum atomic E-state index is -1.18. The standard InChI is InChI=1S/C19H20ClN5OS/c1-18(2)10-25(15-13(20)9-23-17(21)24-15)14-8-11(4-5-12(14)18)19(3,26)16-22-6-7-27-16/h4-9,26H,10H2,1-3H3,(H2,21,23,24)/t19-/m0/s1. The third-order valence-corrected chi connectivity index (χ3v) is 6.23. The number of nitrogen functional groups attached to an aromatic ring is 1. The molecule has 27 heavy (non-hydrogen) atoms. The summed E-state index contributed by atoms with van der Waals surface area (Å²) in [5, 5.41) is 14.1. The molecule has 140 valence electrons. The average Bonchev–Trinajstić information content (AvgIpc) is 3.24. The fourth-order valence-electron chi connectivity index (χ4n) is 3.53. The molecule has 1 aliphatic heterocycles.